The van der Waals surface area contributed by atoms with Gasteiger partial charge >= 0.3 is 0 Å². The molecule has 0 aromatic heterocycles. The van der Waals surface area contributed by atoms with E-state index in [4.69, 9.17) is 23.2 Å². The van der Waals surface area contributed by atoms with Gasteiger partial charge in [-0.2, -0.15) is 0 Å². The smallest absolute Gasteiger partial charge is 0.0626 e. The van der Waals surface area contributed by atoms with E-state index in [1.54, 1.807) is 11.8 Å². The highest BCUT2D eigenvalue weighted by Crippen LogP contribution is 2.29. The molecule has 3 heteroatoms. The topological polar surface area (TPSA) is 0 Å². The van der Waals surface area contributed by atoms with Gasteiger partial charge in [0, 0.05) is 9.92 Å². The molecule has 0 aliphatic heterocycles. The normalized spacial score (nSPS) is 12.4. The Morgan fingerprint density at radius 3 is 2.33 bits per heavy atom. The van der Waals surface area contributed by atoms with Crippen molar-refractivity contribution in [2.24, 2.45) is 0 Å². The van der Waals surface area contributed by atoms with Crippen molar-refractivity contribution in [3.63, 3.8) is 0 Å². The molecule has 0 saturated heterocycles. The molecular formula is C15H14Cl2S. The van der Waals surface area contributed by atoms with Gasteiger partial charge in [0.05, 0.1) is 5.38 Å². The van der Waals surface area contributed by atoms with E-state index in [0.717, 1.165) is 22.6 Å². The molecule has 0 bridgehead atoms. The van der Waals surface area contributed by atoms with Crippen molar-refractivity contribution in [2.45, 2.75) is 16.7 Å². The molecule has 94 valence electrons. The molecule has 2 rings (SSSR count). The highest BCUT2D eigenvalue weighted by atomic mass is 35.5. The third-order valence-electron chi connectivity index (χ3n) is 2.83. The zero-order chi connectivity index (χ0) is 13.0. The Kier molecular flexibility index (Phi) is 4.99. The first kappa shape index (κ1) is 13.8. The molecule has 0 nitrogen and oxygen atoms in total. The maximum absolute atomic E-state index is 6.44. The summed E-state index contributed by atoms with van der Waals surface area (Å²) in [7, 11) is 0. The Morgan fingerprint density at radius 1 is 1.06 bits per heavy atom. The lowest BCUT2D eigenvalue weighted by molar-refractivity contribution is 0.918. The average Bonchev–Trinajstić information content (AvgIpc) is 2.41. The first-order chi connectivity index (χ1) is 8.70. The van der Waals surface area contributed by atoms with Gasteiger partial charge in [-0.15, -0.1) is 23.4 Å². The summed E-state index contributed by atoms with van der Waals surface area (Å²) in [6.07, 6.45) is 2.82. The van der Waals surface area contributed by atoms with Crippen molar-refractivity contribution in [3.05, 3.63) is 64.7 Å². The van der Waals surface area contributed by atoms with Crippen molar-refractivity contribution in [1.82, 2.24) is 0 Å². The predicted molar refractivity (Wildman–Crippen MR) is 82.0 cm³/mol. The fourth-order valence-corrected chi connectivity index (χ4v) is 2.72. The van der Waals surface area contributed by atoms with Crippen LogP contribution in [0.15, 0.2) is 53.4 Å². The second-order valence-corrected chi connectivity index (χ2v) is 5.85. The zero-order valence-electron chi connectivity index (χ0n) is 10.1. The van der Waals surface area contributed by atoms with E-state index in [9.17, 15) is 0 Å². The first-order valence-electron chi connectivity index (χ1n) is 5.72. The highest BCUT2D eigenvalue weighted by molar-refractivity contribution is 7.98. The maximum Gasteiger partial charge on any atom is 0.0626 e. The van der Waals surface area contributed by atoms with Crippen molar-refractivity contribution in [1.29, 1.82) is 0 Å². The van der Waals surface area contributed by atoms with Crippen molar-refractivity contribution in [3.8, 4) is 0 Å². The lowest BCUT2D eigenvalue weighted by Crippen LogP contribution is -1.96. The van der Waals surface area contributed by atoms with Crippen LogP contribution in [0.3, 0.4) is 0 Å². The average molecular weight is 297 g/mol. The number of alkyl halides is 1. The van der Waals surface area contributed by atoms with Gasteiger partial charge in [0.15, 0.2) is 0 Å². The molecule has 0 amide bonds. The Bertz CT molecular complexity index is 508. The lowest BCUT2D eigenvalue weighted by atomic mass is 10.0. The molecule has 0 N–H and O–H groups in total. The SMILES string of the molecule is CSc1ccc(C(Cl)Cc2ccccc2Cl)cc1. The van der Waals surface area contributed by atoms with Gasteiger partial charge in [-0.05, 0) is 42.0 Å². The second-order valence-electron chi connectivity index (χ2n) is 4.04. The van der Waals surface area contributed by atoms with Gasteiger partial charge in [0.25, 0.3) is 0 Å². The van der Waals surface area contributed by atoms with E-state index in [-0.39, 0.29) is 5.38 Å². The van der Waals surface area contributed by atoms with Crippen LogP contribution in [0, 0.1) is 0 Å². The molecule has 0 saturated carbocycles. The highest BCUT2D eigenvalue weighted by Gasteiger charge is 2.10. The van der Waals surface area contributed by atoms with E-state index in [1.807, 2.05) is 24.3 Å². The van der Waals surface area contributed by atoms with Crippen LogP contribution in [-0.4, -0.2) is 6.26 Å². The van der Waals surface area contributed by atoms with Crippen molar-refractivity contribution in [2.75, 3.05) is 6.26 Å². The molecule has 2 aromatic rings. The fraction of sp³-hybridized carbons (Fsp3) is 0.200. The van der Waals surface area contributed by atoms with E-state index in [0.29, 0.717) is 0 Å². The number of hydrogen-bond donors (Lipinski definition) is 0. The van der Waals surface area contributed by atoms with Crippen LogP contribution in [-0.2, 0) is 6.42 Å². The van der Waals surface area contributed by atoms with Crippen LogP contribution in [0.2, 0.25) is 5.02 Å². The van der Waals surface area contributed by atoms with Gasteiger partial charge in [0.2, 0.25) is 0 Å². The van der Waals surface area contributed by atoms with Crippen LogP contribution >= 0.6 is 35.0 Å². The largest absolute Gasteiger partial charge is 0.130 e. The van der Waals surface area contributed by atoms with E-state index >= 15 is 0 Å². The summed E-state index contributed by atoms with van der Waals surface area (Å²) in [5.41, 5.74) is 2.22. The summed E-state index contributed by atoms with van der Waals surface area (Å²) in [5.74, 6) is 0. The van der Waals surface area contributed by atoms with Crippen molar-refractivity contribution >= 4 is 35.0 Å². The summed E-state index contributed by atoms with van der Waals surface area (Å²) in [4.78, 5) is 1.25. The summed E-state index contributed by atoms with van der Waals surface area (Å²) >= 11 is 14.3. The zero-order valence-corrected chi connectivity index (χ0v) is 12.4. The molecule has 0 aliphatic rings. The van der Waals surface area contributed by atoms with Gasteiger partial charge < -0.3 is 0 Å². The molecule has 0 spiro atoms. The number of rotatable bonds is 4. The standard InChI is InChI=1S/C15H14Cl2S/c1-18-13-8-6-11(7-9-13)15(17)10-12-4-2-3-5-14(12)16/h2-9,15H,10H2,1H3. The Hall–Kier alpha value is -0.630. The van der Waals surface area contributed by atoms with Gasteiger partial charge in [0.1, 0.15) is 0 Å². The van der Waals surface area contributed by atoms with Crippen LogP contribution in [0.5, 0.6) is 0 Å². The Morgan fingerprint density at radius 2 is 1.72 bits per heavy atom. The minimum Gasteiger partial charge on any atom is -0.130 e. The van der Waals surface area contributed by atoms with E-state index in [1.165, 1.54) is 4.90 Å². The van der Waals surface area contributed by atoms with Crippen LogP contribution in [0.4, 0.5) is 0 Å². The molecule has 0 heterocycles. The van der Waals surface area contributed by atoms with Crippen LogP contribution < -0.4 is 0 Å². The van der Waals surface area contributed by atoms with Gasteiger partial charge in [-0.25, -0.2) is 0 Å². The number of benzene rings is 2. The molecule has 0 aliphatic carbocycles. The van der Waals surface area contributed by atoms with Crippen LogP contribution in [0.25, 0.3) is 0 Å². The quantitative estimate of drug-likeness (QED) is 0.524. The van der Waals surface area contributed by atoms with Gasteiger partial charge in [-0.3, -0.25) is 0 Å². The number of thioether (sulfide) groups is 1. The Labute approximate surface area is 122 Å². The van der Waals surface area contributed by atoms with Crippen LogP contribution in [0.1, 0.15) is 16.5 Å². The van der Waals surface area contributed by atoms with Gasteiger partial charge in [-0.1, -0.05) is 41.9 Å². The fourth-order valence-electron chi connectivity index (χ4n) is 1.79. The monoisotopic (exact) mass is 296 g/mol. The minimum absolute atomic E-state index is 0.0409. The predicted octanol–water partition coefficient (Wildman–Crippen LogP) is 5.58. The third kappa shape index (κ3) is 3.44. The Balaban J connectivity index is 2.11. The molecule has 1 atom stereocenters. The molecular weight excluding hydrogens is 283 g/mol. The third-order valence-corrected chi connectivity index (χ3v) is 4.35. The summed E-state index contributed by atoms with van der Waals surface area (Å²) in [6, 6.07) is 16.2. The maximum atomic E-state index is 6.44. The summed E-state index contributed by atoms with van der Waals surface area (Å²) < 4.78 is 0. The number of halogens is 2. The molecule has 0 radical (unpaired) electrons. The molecule has 2 aromatic carbocycles. The van der Waals surface area contributed by atoms with Crippen molar-refractivity contribution < 1.29 is 0 Å². The lowest BCUT2D eigenvalue weighted by Gasteiger charge is -2.11. The number of hydrogen-bond acceptors (Lipinski definition) is 1. The van der Waals surface area contributed by atoms with E-state index in [2.05, 4.69) is 30.5 Å². The first-order valence-corrected chi connectivity index (χ1v) is 7.76. The second kappa shape index (κ2) is 6.51. The minimum atomic E-state index is -0.0409. The molecule has 0 fully saturated rings. The van der Waals surface area contributed by atoms with E-state index < -0.39 is 0 Å². The molecule has 1 unspecified atom stereocenters. The molecule has 18 heavy (non-hydrogen) atoms. The summed E-state index contributed by atoms with van der Waals surface area (Å²) in [6.45, 7) is 0. The summed E-state index contributed by atoms with van der Waals surface area (Å²) in [5, 5.41) is 0.740.